The van der Waals surface area contributed by atoms with Crippen molar-refractivity contribution in [3.8, 4) is 0 Å². The fourth-order valence-electron chi connectivity index (χ4n) is 2.01. The molecule has 20 heavy (non-hydrogen) atoms. The van der Waals surface area contributed by atoms with E-state index >= 15 is 0 Å². The number of aryl methyl sites for hydroxylation is 1. The molecule has 2 aromatic heterocycles. The summed E-state index contributed by atoms with van der Waals surface area (Å²) in [6.45, 7) is 8.18. The van der Waals surface area contributed by atoms with Gasteiger partial charge in [0, 0.05) is 30.6 Å². The number of hydrogen-bond donors (Lipinski definition) is 1. The van der Waals surface area contributed by atoms with Gasteiger partial charge in [0.2, 0.25) is 0 Å². The second-order valence-corrected chi connectivity index (χ2v) is 5.93. The fourth-order valence-corrected chi connectivity index (χ4v) is 2.90. The Morgan fingerprint density at radius 3 is 2.95 bits per heavy atom. The molecule has 0 bridgehead atoms. The molecule has 0 spiro atoms. The van der Waals surface area contributed by atoms with Crippen molar-refractivity contribution in [3.63, 3.8) is 0 Å². The largest absolute Gasteiger partial charge is 0.469 e. The summed E-state index contributed by atoms with van der Waals surface area (Å²) in [5.74, 6) is 0.978. The van der Waals surface area contributed by atoms with E-state index in [1.807, 2.05) is 13.0 Å². The van der Waals surface area contributed by atoms with Crippen molar-refractivity contribution in [1.82, 2.24) is 10.3 Å². The SMILES string of the molecule is CCCNC(C)c1csc(N(C)Cc2ccoc2C)n1. The van der Waals surface area contributed by atoms with Crippen LogP contribution in [0.1, 0.15) is 43.3 Å². The van der Waals surface area contributed by atoms with Gasteiger partial charge in [-0.3, -0.25) is 0 Å². The smallest absolute Gasteiger partial charge is 0.185 e. The van der Waals surface area contributed by atoms with Crippen LogP contribution in [0.15, 0.2) is 22.1 Å². The number of aromatic nitrogens is 1. The maximum atomic E-state index is 5.34. The van der Waals surface area contributed by atoms with Gasteiger partial charge in [-0.25, -0.2) is 4.98 Å². The van der Waals surface area contributed by atoms with E-state index in [-0.39, 0.29) is 0 Å². The van der Waals surface area contributed by atoms with Gasteiger partial charge in [0.15, 0.2) is 5.13 Å². The number of hydrogen-bond acceptors (Lipinski definition) is 5. The molecule has 2 rings (SSSR count). The molecule has 0 aliphatic rings. The summed E-state index contributed by atoms with van der Waals surface area (Å²) in [7, 11) is 2.07. The van der Waals surface area contributed by atoms with Crippen LogP contribution in [0.5, 0.6) is 0 Å². The number of nitrogens with one attached hydrogen (secondary N) is 1. The highest BCUT2D eigenvalue weighted by Gasteiger charge is 2.13. The van der Waals surface area contributed by atoms with E-state index < -0.39 is 0 Å². The average Bonchev–Trinajstić information content (AvgIpc) is 3.06. The van der Waals surface area contributed by atoms with E-state index in [1.165, 1.54) is 5.56 Å². The molecule has 4 nitrogen and oxygen atoms in total. The summed E-state index contributed by atoms with van der Waals surface area (Å²) in [5, 5.41) is 6.65. The zero-order valence-corrected chi connectivity index (χ0v) is 13.5. The second-order valence-electron chi connectivity index (χ2n) is 5.09. The molecule has 0 radical (unpaired) electrons. The molecular formula is C15H23N3OS. The lowest BCUT2D eigenvalue weighted by molar-refractivity contribution is 0.529. The van der Waals surface area contributed by atoms with E-state index in [1.54, 1.807) is 17.6 Å². The predicted octanol–water partition coefficient (Wildman–Crippen LogP) is 3.74. The molecule has 0 aliphatic carbocycles. The molecular weight excluding hydrogens is 270 g/mol. The highest BCUT2D eigenvalue weighted by molar-refractivity contribution is 7.13. The van der Waals surface area contributed by atoms with Crippen LogP contribution < -0.4 is 10.2 Å². The molecule has 110 valence electrons. The molecule has 0 saturated heterocycles. The Morgan fingerprint density at radius 2 is 2.30 bits per heavy atom. The Labute approximate surface area is 124 Å². The van der Waals surface area contributed by atoms with Gasteiger partial charge in [-0.1, -0.05) is 6.92 Å². The van der Waals surface area contributed by atoms with Crippen LogP contribution >= 0.6 is 11.3 Å². The third-order valence-electron chi connectivity index (χ3n) is 3.35. The van der Waals surface area contributed by atoms with Crippen molar-refractivity contribution in [2.75, 3.05) is 18.5 Å². The molecule has 0 aliphatic heterocycles. The number of anilines is 1. The summed E-state index contributed by atoms with van der Waals surface area (Å²) in [6.07, 6.45) is 2.88. The zero-order valence-electron chi connectivity index (χ0n) is 12.6. The van der Waals surface area contributed by atoms with Crippen LogP contribution in [0.4, 0.5) is 5.13 Å². The summed E-state index contributed by atoms with van der Waals surface area (Å²) < 4.78 is 5.34. The van der Waals surface area contributed by atoms with Gasteiger partial charge < -0.3 is 14.6 Å². The number of rotatable bonds is 7. The van der Waals surface area contributed by atoms with Crippen molar-refractivity contribution >= 4 is 16.5 Å². The molecule has 1 unspecified atom stereocenters. The highest BCUT2D eigenvalue weighted by Crippen LogP contribution is 2.25. The van der Waals surface area contributed by atoms with Crippen molar-refractivity contribution in [1.29, 1.82) is 0 Å². The van der Waals surface area contributed by atoms with Crippen LogP contribution in [0.2, 0.25) is 0 Å². The maximum absolute atomic E-state index is 5.34. The van der Waals surface area contributed by atoms with Gasteiger partial charge in [-0.15, -0.1) is 11.3 Å². The maximum Gasteiger partial charge on any atom is 0.185 e. The molecule has 1 atom stereocenters. The van der Waals surface area contributed by atoms with Crippen LogP contribution in [0.3, 0.4) is 0 Å². The molecule has 1 N–H and O–H groups in total. The first-order chi connectivity index (χ1) is 9.61. The third kappa shape index (κ3) is 3.61. The van der Waals surface area contributed by atoms with Crippen LogP contribution in [0.25, 0.3) is 0 Å². The monoisotopic (exact) mass is 293 g/mol. The molecule has 0 fully saturated rings. The average molecular weight is 293 g/mol. The molecule has 5 heteroatoms. The predicted molar refractivity (Wildman–Crippen MR) is 84.4 cm³/mol. The van der Waals surface area contributed by atoms with E-state index in [4.69, 9.17) is 9.40 Å². The first-order valence-corrected chi connectivity index (χ1v) is 7.92. The Morgan fingerprint density at radius 1 is 1.50 bits per heavy atom. The number of thiazole rings is 1. The minimum Gasteiger partial charge on any atom is -0.469 e. The lowest BCUT2D eigenvalue weighted by atomic mass is 10.2. The summed E-state index contributed by atoms with van der Waals surface area (Å²) in [4.78, 5) is 6.89. The zero-order chi connectivity index (χ0) is 14.5. The van der Waals surface area contributed by atoms with Gasteiger partial charge in [0.1, 0.15) is 5.76 Å². The number of furan rings is 1. The van der Waals surface area contributed by atoms with E-state index in [0.717, 1.165) is 36.1 Å². The summed E-state index contributed by atoms with van der Waals surface area (Å²) >= 11 is 1.69. The molecule has 0 aromatic carbocycles. The Bertz CT molecular complexity index is 535. The first-order valence-electron chi connectivity index (χ1n) is 7.04. The number of nitrogens with zero attached hydrogens (tertiary/aromatic N) is 2. The van der Waals surface area contributed by atoms with Crippen molar-refractivity contribution in [2.24, 2.45) is 0 Å². The van der Waals surface area contributed by atoms with Crippen LogP contribution in [-0.4, -0.2) is 18.6 Å². The highest BCUT2D eigenvalue weighted by atomic mass is 32.1. The van der Waals surface area contributed by atoms with Gasteiger partial charge >= 0.3 is 0 Å². The van der Waals surface area contributed by atoms with E-state index in [2.05, 4.69) is 36.5 Å². The lowest BCUT2D eigenvalue weighted by Gasteiger charge is -2.15. The third-order valence-corrected chi connectivity index (χ3v) is 4.33. The molecule has 2 aromatic rings. The van der Waals surface area contributed by atoms with Crippen molar-refractivity contribution in [2.45, 2.75) is 39.8 Å². The van der Waals surface area contributed by atoms with Gasteiger partial charge in [-0.2, -0.15) is 0 Å². The Balaban J connectivity index is 1.99. The summed E-state index contributed by atoms with van der Waals surface area (Å²) in [6, 6.07) is 2.33. The Hall–Kier alpha value is -1.33. The quantitative estimate of drug-likeness (QED) is 0.844. The van der Waals surface area contributed by atoms with E-state index in [0.29, 0.717) is 6.04 Å². The first kappa shape index (κ1) is 15.1. The minimum absolute atomic E-state index is 0.309. The summed E-state index contributed by atoms with van der Waals surface area (Å²) in [5.41, 5.74) is 2.33. The minimum atomic E-state index is 0.309. The van der Waals surface area contributed by atoms with E-state index in [9.17, 15) is 0 Å². The van der Waals surface area contributed by atoms with Crippen molar-refractivity contribution < 1.29 is 4.42 Å². The van der Waals surface area contributed by atoms with Crippen molar-refractivity contribution in [3.05, 3.63) is 34.7 Å². The standard InChI is InChI=1S/C15H23N3OS/c1-5-7-16-11(2)14-10-20-15(17-14)18(4)9-13-6-8-19-12(13)3/h6,8,10-11,16H,5,7,9H2,1-4H3. The normalized spacial score (nSPS) is 12.6. The topological polar surface area (TPSA) is 41.3 Å². The van der Waals surface area contributed by atoms with Gasteiger partial charge in [0.05, 0.1) is 12.0 Å². The molecule has 0 amide bonds. The Kier molecular flexibility index (Phi) is 5.20. The second kappa shape index (κ2) is 6.90. The van der Waals surface area contributed by atoms with Gasteiger partial charge in [-0.05, 0) is 32.9 Å². The van der Waals surface area contributed by atoms with Gasteiger partial charge in [0.25, 0.3) is 0 Å². The molecule has 0 saturated carbocycles. The fraction of sp³-hybridized carbons (Fsp3) is 0.533. The molecule has 2 heterocycles. The lowest BCUT2D eigenvalue weighted by Crippen LogP contribution is -2.20. The van der Waals surface area contributed by atoms with Crippen LogP contribution in [0, 0.1) is 6.92 Å². The van der Waals surface area contributed by atoms with Crippen LogP contribution in [-0.2, 0) is 6.54 Å².